The van der Waals surface area contributed by atoms with Gasteiger partial charge in [0.1, 0.15) is 0 Å². The summed E-state index contributed by atoms with van der Waals surface area (Å²) in [4.78, 5) is 17.1. The monoisotopic (exact) mass is 357 g/mol. The molecule has 2 fully saturated rings. The van der Waals surface area contributed by atoms with Gasteiger partial charge in [0, 0.05) is 43.3 Å². The van der Waals surface area contributed by atoms with E-state index in [1.807, 2.05) is 17.0 Å². The van der Waals surface area contributed by atoms with E-state index in [-0.39, 0.29) is 18.7 Å². The number of fused-ring (bicyclic) bond motifs is 3. The van der Waals surface area contributed by atoms with Gasteiger partial charge in [-0.05, 0) is 36.8 Å². The van der Waals surface area contributed by atoms with Crippen LogP contribution in [0.2, 0.25) is 0 Å². The summed E-state index contributed by atoms with van der Waals surface area (Å²) in [5, 5.41) is 13.1. The average molecular weight is 357 g/mol. The molecule has 5 nitrogen and oxygen atoms in total. The Balaban J connectivity index is 1.58. The summed E-state index contributed by atoms with van der Waals surface area (Å²) < 4.78 is 0. The normalized spacial score (nSPS) is 28.4. The van der Waals surface area contributed by atoms with Crippen LogP contribution in [0, 0.1) is 5.92 Å². The number of urea groups is 1. The number of carbonyl (C=O) groups excluding carboxylic acids is 1. The molecule has 4 rings (SSSR count). The van der Waals surface area contributed by atoms with Crippen molar-refractivity contribution >= 4 is 11.7 Å². The maximum Gasteiger partial charge on any atom is 0.321 e. The fraction of sp³-hybridized carbons (Fsp3) is 0.667. The van der Waals surface area contributed by atoms with Gasteiger partial charge in [-0.15, -0.1) is 0 Å². The zero-order chi connectivity index (χ0) is 18.1. The van der Waals surface area contributed by atoms with Gasteiger partial charge >= 0.3 is 6.03 Å². The topological polar surface area (TPSA) is 55.8 Å². The molecule has 3 atom stereocenters. The lowest BCUT2D eigenvalue weighted by atomic mass is 9.71. The lowest BCUT2D eigenvalue weighted by Gasteiger charge is -2.59. The van der Waals surface area contributed by atoms with Crippen LogP contribution in [0.5, 0.6) is 0 Å². The summed E-state index contributed by atoms with van der Waals surface area (Å²) >= 11 is 0. The maximum absolute atomic E-state index is 12.7. The molecule has 2 heterocycles. The second kappa shape index (κ2) is 7.57. The highest BCUT2D eigenvalue weighted by Crippen LogP contribution is 2.48. The quantitative estimate of drug-likeness (QED) is 0.852. The van der Waals surface area contributed by atoms with Crippen LogP contribution in [0.15, 0.2) is 24.3 Å². The van der Waals surface area contributed by atoms with Crippen molar-refractivity contribution in [1.82, 2.24) is 10.2 Å². The van der Waals surface area contributed by atoms with Crippen LogP contribution in [0.1, 0.15) is 50.5 Å². The van der Waals surface area contributed by atoms with E-state index in [0.29, 0.717) is 18.5 Å². The Morgan fingerprint density at radius 3 is 2.77 bits per heavy atom. The largest absolute Gasteiger partial charge is 0.395 e. The molecule has 2 N–H and O–H groups in total. The Kier molecular flexibility index (Phi) is 5.18. The summed E-state index contributed by atoms with van der Waals surface area (Å²) in [6, 6.07) is 8.77. The van der Waals surface area contributed by atoms with Crippen molar-refractivity contribution in [3.8, 4) is 0 Å². The molecule has 1 aromatic carbocycles. The van der Waals surface area contributed by atoms with Crippen molar-refractivity contribution in [1.29, 1.82) is 0 Å². The number of hydrogen-bond donors (Lipinski definition) is 2. The van der Waals surface area contributed by atoms with Crippen LogP contribution in [0.4, 0.5) is 10.5 Å². The van der Waals surface area contributed by atoms with Gasteiger partial charge in [0.05, 0.1) is 6.61 Å². The van der Waals surface area contributed by atoms with E-state index in [9.17, 15) is 9.90 Å². The van der Waals surface area contributed by atoms with Gasteiger partial charge in [-0.1, -0.05) is 38.0 Å². The first-order valence-corrected chi connectivity index (χ1v) is 10.3. The van der Waals surface area contributed by atoms with Crippen LogP contribution >= 0.6 is 0 Å². The maximum atomic E-state index is 12.7. The number of para-hydroxylation sites is 1. The first kappa shape index (κ1) is 17.8. The molecule has 1 saturated heterocycles. The zero-order valence-electron chi connectivity index (χ0n) is 15.7. The number of aliphatic hydroxyl groups excluding tert-OH is 1. The van der Waals surface area contributed by atoms with E-state index in [1.165, 1.54) is 31.2 Å². The fourth-order valence-electron chi connectivity index (χ4n) is 5.25. The number of carbonyl (C=O) groups is 1. The number of nitrogens with one attached hydrogen (secondary N) is 1. The summed E-state index contributed by atoms with van der Waals surface area (Å²) in [7, 11) is 0. The Bertz CT molecular complexity index is 644. The average Bonchev–Trinajstić information content (AvgIpc) is 3.17. The molecule has 0 aromatic heterocycles. The fourth-order valence-corrected chi connectivity index (χ4v) is 5.25. The van der Waals surface area contributed by atoms with Crippen molar-refractivity contribution in [2.45, 2.75) is 57.0 Å². The molecule has 1 aliphatic carbocycles. The summed E-state index contributed by atoms with van der Waals surface area (Å²) in [5.41, 5.74) is 2.23. The number of amides is 2. The van der Waals surface area contributed by atoms with Gasteiger partial charge in [-0.3, -0.25) is 9.80 Å². The summed E-state index contributed by atoms with van der Waals surface area (Å²) in [6.45, 7) is 4.77. The molecule has 5 heteroatoms. The molecule has 0 bridgehead atoms. The third-order valence-electron chi connectivity index (χ3n) is 6.54. The van der Waals surface area contributed by atoms with Gasteiger partial charge in [-0.2, -0.15) is 0 Å². The third kappa shape index (κ3) is 3.01. The highest BCUT2D eigenvalue weighted by Gasteiger charge is 2.53. The number of hydrogen-bond acceptors (Lipinski definition) is 3. The van der Waals surface area contributed by atoms with E-state index in [1.54, 1.807) is 0 Å². The van der Waals surface area contributed by atoms with Gasteiger partial charge in [-0.25, -0.2) is 4.79 Å². The molecular formula is C21H31N3O2. The molecular weight excluding hydrogens is 326 g/mol. The number of anilines is 1. The molecule has 0 spiro atoms. The van der Waals surface area contributed by atoms with E-state index in [4.69, 9.17) is 0 Å². The predicted molar refractivity (Wildman–Crippen MR) is 104 cm³/mol. The van der Waals surface area contributed by atoms with Crippen LogP contribution in [0.3, 0.4) is 0 Å². The smallest absolute Gasteiger partial charge is 0.321 e. The van der Waals surface area contributed by atoms with E-state index < -0.39 is 0 Å². The molecule has 1 saturated carbocycles. The Hall–Kier alpha value is -1.59. The van der Waals surface area contributed by atoms with E-state index in [0.717, 1.165) is 31.1 Å². The number of rotatable bonds is 5. The SMILES string of the molecule is CCCNC(=O)N1C[C@H]2[C@@H](c3ccccc31)[C@H](CO)N2CC1CCCC1. The lowest BCUT2D eigenvalue weighted by molar-refractivity contribution is -0.0510. The van der Waals surface area contributed by atoms with Gasteiger partial charge in [0.15, 0.2) is 0 Å². The van der Waals surface area contributed by atoms with Gasteiger partial charge in [0.25, 0.3) is 0 Å². The molecule has 142 valence electrons. The number of benzene rings is 1. The lowest BCUT2D eigenvalue weighted by Crippen LogP contribution is -2.70. The minimum atomic E-state index is 0.00557. The van der Waals surface area contributed by atoms with Crippen LogP contribution < -0.4 is 10.2 Å². The second-order valence-corrected chi connectivity index (χ2v) is 8.09. The molecule has 26 heavy (non-hydrogen) atoms. The highest BCUT2D eigenvalue weighted by molar-refractivity contribution is 5.94. The van der Waals surface area contributed by atoms with Crippen molar-refractivity contribution < 1.29 is 9.90 Å². The van der Waals surface area contributed by atoms with Crippen molar-refractivity contribution in [3.63, 3.8) is 0 Å². The van der Waals surface area contributed by atoms with Crippen LogP contribution in [-0.4, -0.2) is 54.4 Å². The van der Waals surface area contributed by atoms with Crippen molar-refractivity contribution in [3.05, 3.63) is 29.8 Å². The summed E-state index contributed by atoms with van der Waals surface area (Å²) in [5.74, 6) is 1.09. The van der Waals surface area contributed by atoms with Crippen molar-refractivity contribution in [2.24, 2.45) is 5.92 Å². The Morgan fingerprint density at radius 2 is 2.04 bits per heavy atom. The van der Waals surface area contributed by atoms with Gasteiger partial charge in [0.2, 0.25) is 0 Å². The van der Waals surface area contributed by atoms with E-state index >= 15 is 0 Å². The first-order chi connectivity index (χ1) is 12.7. The van der Waals surface area contributed by atoms with Crippen molar-refractivity contribution in [2.75, 3.05) is 31.1 Å². The van der Waals surface area contributed by atoms with E-state index in [2.05, 4.69) is 29.3 Å². The number of likely N-dealkylation sites (tertiary alicyclic amines) is 1. The van der Waals surface area contributed by atoms with Crippen LogP contribution in [-0.2, 0) is 0 Å². The number of aliphatic hydroxyl groups is 1. The second-order valence-electron chi connectivity index (χ2n) is 8.09. The molecule has 0 unspecified atom stereocenters. The Labute approximate surface area is 156 Å². The molecule has 2 aliphatic heterocycles. The first-order valence-electron chi connectivity index (χ1n) is 10.3. The minimum Gasteiger partial charge on any atom is -0.395 e. The van der Waals surface area contributed by atoms with Crippen LogP contribution in [0.25, 0.3) is 0 Å². The predicted octanol–water partition coefficient (Wildman–Crippen LogP) is 2.95. The third-order valence-corrected chi connectivity index (χ3v) is 6.54. The zero-order valence-corrected chi connectivity index (χ0v) is 15.7. The Morgan fingerprint density at radius 1 is 1.27 bits per heavy atom. The highest BCUT2D eigenvalue weighted by atomic mass is 16.3. The molecule has 0 radical (unpaired) electrons. The minimum absolute atomic E-state index is 0.00557. The molecule has 3 aliphatic rings. The number of nitrogens with zero attached hydrogens (tertiary/aromatic N) is 2. The molecule has 1 aromatic rings. The van der Waals surface area contributed by atoms with Gasteiger partial charge < -0.3 is 10.4 Å². The summed E-state index contributed by atoms with van der Waals surface area (Å²) in [6.07, 6.45) is 6.23. The standard InChI is InChI=1S/C21H31N3O2/c1-2-11-22-21(26)24-13-18-20(16-9-5-6-10-17(16)24)19(14-25)23(18)12-15-7-3-4-8-15/h5-6,9-10,15,18-20,25H,2-4,7-8,11-14H2,1H3,(H,22,26)/t18-,19-,20+/m0/s1. The molecule has 2 amide bonds.